The number of benzene rings is 1. The summed E-state index contributed by atoms with van der Waals surface area (Å²) in [4.78, 5) is 2.13. The van der Waals surface area contributed by atoms with Crippen LogP contribution in [0.25, 0.3) is 0 Å². The summed E-state index contributed by atoms with van der Waals surface area (Å²) in [6.45, 7) is 1.01. The third-order valence-corrected chi connectivity index (χ3v) is 3.01. The number of hydrogen-bond donors (Lipinski definition) is 1. The summed E-state index contributed by atoms with van der Waals surface area (Å²) >= 11 is 3.32. The van der Waals surface area contributed by atoms with Gasteiger partial charge in [-0.2, -0.15) is 0 Å². The Morgan fingerprint density at radius 1 is 1.38 bits per heavy atom. The minimum absolute atomic E-state index is 0.319. The van der Waals surface area contributed by atoms with Gasteiger partial charge in [-0.15, -0.1) is 0 Å². The highest BCUT2D eigenvalue weighted by Gasteiger charge is 2.08. The number of halogens is 1. The van der Waals surface area contributed by atoms with Crippen LogP contribution in [-0.4, -0.2) is 37.8 Å². The number of nitrogens with zero attached hydrogens (tertiary/aromatic N) is 1. The Hall–Kier alpha value is -0.740. The number of hydrogen-bond acceptors (Lipinski definition) is 3. The second kappa shape index (κ2) is 6.11. The summed E-state index contributed by atoms with van der Waals surface area (Å²) < 4.78 is 5.85. The Kier molecular flexibility index (Phi) is 5.09. The number of phenols is 1. The van der Waals surface area contributed by atoms with Crippen LogP contribution in [0.3, 0.4) is 0 Å². The highest BCUT2D eigenvalue weighted by atomic mass is 79.9. The van der Waals surface area contributed by atoms with Crippen molar-refractivity contribution in [2.45, 2.75) is 12.8 Å². The molecule has 16 heavy (non-hydrogen) atoms. The molecule has 1 aromatic rings. The molecule has 0 saturated heterocycles. The standard InChI is InChI=1S/C12H18BrNO2/c1-14(2)6-4-5-9-7-10(16-3)8-11(13)12(9)15/h7-8,15H,4-6H2,1-3H3. The van der Waals surface area contributed by atoms with Crippen LogP contribution in [-0.2, 0) is 6.42 Å². The van der Waals surface area contributed by atoms with Crippen molar-refractivity contribution < 1.29 is 9.84 Å². The van der Waals surface area contributed by atoms with Crippen molar-refractivity contribution in [1.82, 2.24) is 4.90 Å². The molecule has 1 N–H and O–H groups in total. The van der Waals surface area contributed by atoms with Gasteiger partial charge in [-0.1, -0.05) is 0 Å². The first-order chi connectivity index (χ1) is 7.54. The summed E-state index contributed by atoms with van der Waals surface area (Å²) in [6.07, 6.45) is 1.86. The summed E-state index contributed by atoms with van der Waals surface area (Å²) in [5.74, 6) is 1.09. The van der Waals surface area contributed by atoms with E-state index in [1.165, 1.54) is 0 Å². The molecule has 0 unspecified atom stereocenters. The smallest absolute Gasteiger partial charge is 0.133 e. The van der Waals surface area contributed by atoms with Crippen molar-refractivity contribution in [2.75, 3.05) is 27.7 Å². The Morgan fingerprint density at radius 3 is 2.62 bits per heavy atom. The molecule has 4 heteroatoms. The fourth-order valence-corrected chi connectivity index (χ4v) is 2.00. The largest absolute Gasteiger partial charge is 0.506 e. The maximum atomic E-state index is 9.87. The fourth-order valence-electron chi connectivity index (χ4n) is 1.52. The van der Waals surface area contributed by atoms with E-state index >= 15 is 0 Å². The van der Waals surface area contributed by atoms with Gasteiger partial charge in [0.25, 0.3) is 0 Å². The van der Waals surface area contributed by atoms with Gasteiger partial charge in [0.05, 0.1) is 11.6 Å². The Labute approximate surface area is 105 Å². The molecule has 0 aliphatic rings. The van der Waals surface area contributed by atoms with E-state index in [0.29, 0.717) is 10.2 Å². The van der Waals surface area contributed by atoms with Crippen LogP contribution in [0.15, 0.2) is 16.6 Å². The summed E-state index contributed by atoms with van der Waals surface area (Å²) in [5.41, 5.74) is 0.924. The molecule has 0 radical (unpaired) electrons. The normalized spacial score (nSPS) is 10.8. The molecule has 0 aromatic heterocycles. The first-order valence-corrected chi connectivity index (χ1v) is 6.04. The molecule has 0 heterocycles. The lowest BCUT2D eigenvalue weighted by molar-refractivity contribution is 0.394. The van der Waals surface area contributed by atoms with E-state index in [9.17, 15) is 5.11 Å². The molecule has 0 aliphatic carbocycles. The van der Waals surface area contributed by atoms with Crippen molar-refractivity contribution in [1.29, 1.82) is 0 Å². The first kappa shape index (κ1) is 13.3. The number of aromatic hydroxyl groups is 1. The van der Waals surface area contributed by atoms with Gasteiger partial charge in [0.15, 0.2) is 0 Å². The second-order valence-corrected chi connectivity index (χ2v) is 4.88. The zero-order valence-electron chi connectivity index (χ0n) is 9.96. The fraction of sp³-hybridized carbons (Fsp3) is 0.500. The summed E-state index contributed by atoms with van der Waals surface area (Å²) in [5, 5.41) is 9.87. The van der Waals surface area contributed by atoms with Gasteiger partial charge in [0, 0.05) is 0 Å². The first-order valence-electron chi connectivity index (χ1n) is 5.24. The third kappa shape index (κ3) is 3.68. The summed E-state index contributed by atoms with van der Waals surface area (Å²) in [6, 6.07) is 3.65. The van der Waals surface area contributed by atoms with Crippen molar-refractivity contribution in [3.8, 4) is 11.5 Å². The Morgan fingerprint density at radius 2 is 2.06 bits per heavy atom. The van der Waals surface area contributed by atoms with E-state index in [2.05, 4.69) is 20.8 Å². The lowest BCUT2D eigenvalue weighted by Crippen LogP contribution is -2.13. The van der Waals surface area contributed by atoms with Crippen LogP contribution >= 0.6 is 15.9 Å². The van der Waals surface area contributed by atoms with Gasteiger partial charge in [0.2, 0.25) is 0 Å². The van der Waals surface area contributed by atoms with Gasteiger partial charge in [-0.05, 0) is 67.1 Å². The summed E-state index contributed by atoms with van der Waals surface area (Å²) in [7, 11) is 5.71. The molecular weight excluding hydrogens is 270 g/mol. The van der Waals surface area contributed by atoms with Crippen LogP contribution in [0.1, 0.15) is 12.0 Å². The van der Waals surface area contributed by atoms with E-state index in [1.54, 1.807) is 13.2 Å². The predicted molar refractivity (Wildman–Crippen MR) is 69.2 cm³/mol. The van der Waals surface area contributed by atoms with E-state index in [0.717, 1.165) is 30.7 Å². The van der Waals surface area contributed by atoms with Crippen LogP contribution in [0, 0.1) is 0 Å². The van der Waals surface area contributed by atoms with Gasteiger partial charge < -0.3 is 14.7 Å². The van der Waals surface area contributed by atoms with Crippen molar-refractivity contribution in [2.24, 2.45) is 0 Å². The highest BCUT2D eigenvalue weighted by Crippen LogP contribution is 2.33. The lowest BCUT2D eigenvalue weighted by atomic mass is 10.1. The van der Waals surface area contributed by atoms with Crippen LogP contribution in [0.2, 0.25) is 0 Å². The topological polar surface area (TPSA) is 32.7 Å². The molecule has 0 aliphatic heterocycles. The van der Waals surface area contributed by atoms with Gasteiger partial charge in [-0.25, -0.2) is 0 Å². The predicted octanol–water partition coefficient (Wildman–Crippen LogP) is 2.66. The minimum atomic E-state index is 0.319. The highest BCUT2D eigenvalue weighted by molar-refractivity contribution is 9.10. The van der Waals surface area contributed by atoms with E-state index in [-0.39, 0.29) is 0 Å². The second-order valence-electron chi connectivity index (χ2n) is 4.02. The number of aryl methyl sites for hydroxylation is 1. The Bertz CT molecular complexity index is 353. The zero-order chi connectivity index (χ0) is 12.1. The number of phenolic OH excluding ortho intramolecular Hbond substituents is 1. The van der Waals surface area contributed by atoms with E-state index < -0.39 is 0 Å². The molecule has 0 fully saturated rings. The van der Waals surface area contributed by atoms with Crippen LogP contribution in [0.5, 0.6) is 11.5 Å². The monoisotopic (exact) mass is 287 g/mol. The maximum Gasteiger partial charge on any atom is 0.133 e. The molecule has 3 nitrogen and oxygen atoms in total. The molecular formula is C12H18BrNO2. The molecule has 0 saturated carbocycles. The SMILES string of the molecule is COc1cc(Br)c(O)c(CCCN(C)C)c1. The van der Waals surface area contributed by atoms with Crippen molar-refractivity contribution in [3.63, 3.8) is 0 Å². The average molecular weight is 288 g/mol. The average Bonchev–Trinajstić information content (AvgIpc) is 2.23. The van der Waals surface area contributed by atoms with Gasteiger partial charge >= 0.3 is 0 Å². The molecule has 1 rings (SSSR count). The number of methoxy groups -OCH3 is 1. The molecule has 1 aromatic carbocycles. The third-order valence-electron chi connectivity index (χ3n) is 2.40. The quantitative estimate of drug-likeness (QED) is 0.904. The maximum absolute atomic E-state index is 9.87. The minimum Gasteiger partial charge on any atom is -0.506 e. The van der Waals surface area contributed by atoms with E-state index in [1.807, 2.05) is 20.2 Å². The lowest BCUT2D eigenvalue weighted by Gasteiger charge is -2.11. The molecule has 0 atom stereocenters. The molecule has 0 amide bonds. The van der Waals surface area contributed by atoms with E-state index in [4.69, 9.17) is 4.74 Å². The van der Waals surface area contributed by atoms with Crippen molar-refractivity contribution >= 4 is 15.9 Å². The molecule has 0 spiro atoms. The molecule has 90 valence electrons. The zero-order valence-corrected chi connectivity index (χ0v) is 11.5. The van der Waals surface area contributed by atoms with Crippen LogP contribution < -0.4 is 4.74 Å². The Balaban J connectivity index is 2.74. The number of rotatable bonds is 5. The van der Waals surface area contributed by atoms with Crippen LogP contribution in [0.4, 0.5) is 0 Å². The van der Waals surface area contributed by atoms with Gasteiger partial charge in [0.1, 0.15) is 11.5 Å². The number of ether oxygens (including phenoxy) is 1. The molecule has 0 bridgehead atoms. The van der Waals surface area contributed by atoms with Crippen molar-refractivity contribution in [3.05, 3.63) is 22.2 Å². The van der Waals surface area contributed by atoms with Gasteiger partial charge in [-0.3, -0.25) is 0 Å².